The first-order chi connectivity index (χ1) is 10.7. The Morgan fingerprint density at radius 1 is 1.41 bits per heavy atom. The van der Waals surface area contributed by atoms with Crippen molar-refractivity contribution in [1.29, 1.82) is 0 Å². The fourth-order valence-corrected chi connectivity index (χ4v) is 2.92. The minimum atomic E-state index is -0.535. The van der Waals surface area contributed by atoms with Crippen LogP contribution < -0.4 is 5.32 Å². The first kappa shape index (κ1) is 14.7. The molecule has 1 atom stereocenters. The van der Waals surface area contributed by atoms with E-state index < -0.39 is 6.10 Å². The van der Waals surface area contributed by atoms with E-state index in [9.17, 15) is 4.79 Å². The van der Waals surface area contributed by atoms with Crippen molar-refractivity contribution in [3.63, 3.8) is 0 Å². The van der Waals surface area contributed by atoms with Crippen LogP contribution in [-0.4, -0.2) is 29.3 Å². The van der Waals surface area contributed by atoms with E-state index in [2.05, 4.69) is 15.5 Å². The third-order valence-corrected chi connectivity index (χ3v) is 4.24. The van der Waals surface area contributed by atoms with Crippen LogP contribution in [0.25, 0.3) is 0 Å². The third-order valence-electron chi connectivity index (χ3n) is 3.42. The monoisotopic (exact) mass is 315 g/mol. The topological polar surface area (TPSA) is 63.6 Å². The molecule has 2 heterocycles. The Hall–Kier alpha value is -2.21. The van der Waals surface area contributed by atoms with Gasteiger partial charge in [-0.3, -0.25) is 4.79 Å². The molecule has 1 N–H and O–H groups in total. The van der Waals surface area contributed by atoms with Gasteiger partial charge in [-0.25, -0.2) is 4.98 Å². The van der Waals surface area contributed by atoms with Crippen LogP contribution in [0.4, 0.5) is 0 Å². The molecule has 1 aromatic heterocycles. The predicted molar refractivity (Wildman–Crippen MR) is 86.0 cm³/mol. The lowest BCUT2D eigenvalue weighted by Crippen LogP contribution is -2.36. The summed E-state index contributed by atoms with van der Waals surface area (Å²) >= 11 is 1.62. The summed E-state index contributed by atoms with van der Waals surface area (Å²) in [4.78, 5) is 21.7. The van der Waals surface area contributed by atoms with Crippen LogP contribution in [0.2, 0.25) is 0 Å². The molecular formula is C16H17N3O2S. The maximum Gasteiger partial charge on any atom is 0.264 e. The Morgan fingerprint density at radius 3 is 2.95 bits per heavy atom. The Balaban J connectivity index is 1.46. The zero-order chi connectivity index (χ0) is 15.4. The van der Waals surface area contributed by atoms with Gasteiger partial charge in [0.25, 0.3) is 5.91 Å². The number of nitrogens with zero attached hydrogens (tertiary/aromatic N) is 2. The van der Waals surface area contributed by atoms with Gasteiger partial charge in [-0.15, -0.1) is 11.3 Å². The Morgan fingerprint density at radius 2 is 2.23 bits per heavy atom. The molecule has 2 aromatic rings. The van der Waals surface area contributed by atoms with Gasteiger partial charge in [0.05, 0.1) is 16.4 Å². The minimum absolute atomic E-state index is 0.123. The van der Waals surface area contributed by atoms with Crippen molar-refractivity contribution in [2.75, 3.05) is 6.54 Å². The number of hydrogen-bond acceptors (Lipinski definition) is 5. The molecule has 0 aliphatic carbocycles. The lowest BCUT2D eigenvalue weighted by molar-refractivity contribution is -0.131. The molecule has 114 valence electrons. The standard InChI is InChI=1S/C16H17N3O2S/c1-11-18-13(10-22-11)7-8-17-16(20)15-9-14(19-21-15)12-5-3-2-4-6-12/h2-6,10,15H,7-9H2,1H3,(H,17,20). The van der Waals surface area contributed by atoms with Gasteiger partial charge in [-0.05, 0) is 12.5 Å². The predicted octanol–water partition coefficient (Wildman–Crippen LogP) is 2.30. The van der Waals surface area contributed by atoms with Crippen molar-refractivity contribution in [1.82, 2.24) is 10.3 Å². The van der Waals surface area contributed by atoms with Gasteiger partial charge in [0, 0.05) is 24.8 Å². The average molecular weight is 315 g/mol. The number of rotatable bonds is 5. The second kappa shape index (κ2) is 6.70. The lowest BCUT2D eigenvalue weighted by Gasteiger charge is -2.08. The number of aryl methyl sites for hydroxylation is 1. The van der Waals surface area contributed by atoms with Crippen LogP contribution >= 0.6 is 11.3 Å². The van der Waals surface area contributed by atoms with Gasteiger partial charge in [0.1, 0.15) is 0 Å². The Labute approximate surface area is 133 Å². The molecule has 6 heteroatoms. The van der Waals surface area contributed by atoms with Crippen LogP contribution in [0.1, 0.15) is 22.7 Å². The summed E-state index contributed by atoms with van der Waals surface area (Å²) in [5.74, 6) is -0.123. The molecule has 5 nitrogen and oxygen atoms in total. The van der Waals surface area contributed by atoms with Crippen LogP contribution in [0.3, 0.4) is 0 Å². The normalized spacial score (nSPS) is 17.0. The molecule has 0 spiro atoms. The van der Waals surface area contributed by atoms with E-state index in [1.807, 2.05) is 42.6 Å². The average Bonchev–Trinajstić information content (AvgIpc) is 3.17. The summed E-state index contributed by atoms with van der Waals surface area (Å²) in [7, 11) is 0. The number of thiazole rings is 1. The highest BCUT2D eigenvalue weighted by Gasteiger charge is 2.28. The van der Waals surface area contributed by atoms with Crippen molar-refractivity contribution in [3.8, 4) is 0 Å². The number of aromatic nitrogens is 1. The first-order valence-electron chi connectivity index (χ1n) is 7.19. The third kappa shape index (κ3) is 3.51. The van der Waals surface area contributed by atoms with Crippen LogP contribution in [0, 0.1) is 6.92 Å². The number of carbonyl (C=O) groups is 1. The van der Waals surface area contributed by atoms with Crippen molar-refractivity contribution in [2.45, 2.75) is 25.9 Å². The van der Waals surface area contributed by atoms with E-state index in [1.165, 1.54) is 0 Å². The molecule has 1 aliphatic heterocycles. The molecule has 0 bridgehead atoms. The largest absolute Gasteiger partial charge is 0.382 e. The summed E-state index contributed by atoms with van der Waals surface area (Å²) in [6.07, 6.45) is 0.702. The second-order valence-electron chi connectivity index (χ2n) is 5.10. The van der Waals surface area contributed by atoms with Crippen LogP contribution in [-0.2, 0) is 16.1 Å². The molecule has 0 saturated carbocycles. The van der Waals surface area contributed by atoms with E-state index in [4.69, 9.17) is 4.84 Å². The van der Waals surface area contributed by atoms with Gasteiger partial charge in [0.2, 0.25) is 6.10 Å². The summed E-state index contributed by atoms with van der Waals surface area (Å²) in [6, 6.07) is 9.77. The van der Waals surface area contributed by atoms with Crippen molar-refractivity contribution < 1.29 is 9.63 Å². The number of carbonyl (C=O) groups excluding carboxylic acids is 1. The van der Waals surface area contributed by atoms with Gasteiger partial charge in [-0.1, -0.05) is 35.5 Å². The molecule has 0 saturated heterocycles. The highest BCUT2D eigenvalue weighted by molar-refractivity contribution is 7.09. The number of amides is 1. The second-order valence-corrected chi connectivity index (χ2v) is 6.16. The molecule has 22 heavy (non-hydrogen) atoms. The maximum atomic E-state index is 12.1. The smallest absolute Gasteiger partial charge is 0.264 e. The fourth-order valence-electron chi connectivity index (χ4n) is 2.27. The summed E-state index contributed by atoms with van der Waals surface area (Å²) in [6.45, 7) is 2.53. The maximum absolute atomic E-state index is 12.1. The van der Waals surface area contributed by atoms with Crippen molar-refractivity contribution in [3.05, 3.63) is 52.0 Å². The van der Waals surface area contributed by atoms with E-state index in [-0.39, 0.29) is 5.91 Å². The zero-order valence-corrected chi connectivity index (χ0v) is 13.1. The summed E-state index contributed by atoms with van der Waals surface area (Å²) in [5.41, 5.74) is 2.82. The highest BCUT2D eigenvalue weighted by Crippen LogP contribution is 2.16. The number of nitrogens with one attached hydrogen (secondary N) is 1. The minimum Gasteiger partial charge on any atom is -0.382 e. The van der Waals surface area contributed by atoms with Gasteiger partial charge >= 0.3 is 0 Å². The van der Waals surface area contributed by atoms with Crippen LogP contribution in [0.15, 0.2) is 40.9 Å². The van der Waals surface area contributed by atoms with Crippen molar-refractivity contribution in [2.24, 2.45) is 5.16 Å². The van der Waals surface area contributed by atoms with Crippen LogP contribution in [0.5, 0.6) is 0 Å². The Kier molecular flexibility index (Phi) is 4.48. The first-order valence-corrected chi connectivity index (χ1v) is 8.07. The van der Waals surface area contributed by atoms with E-state index in [0.717, 1.165) is 28.4 Å². The Bertz CT molecular complexity index is 682. The van der Waals surface area contributed by atoms with Crippen molar-refractivity contribution >= 4 is 23.0 Å². The summed E-state index contributed by atoms with van der Waals surface area (Å²) < 4.78 is 0. The quantitative estimate of drug-likeness (QED) is 0.921. The highest BCUT2D eigenvalue weighted by atomic mass is 32.1. The van der Waals surface area contributed by atoms with Gasteiger partial charge in [-0.2, -0.15) is 0 Å². The number of oxime groups is 1. The number of benzene rings is 1. The van der Waals surface area contributed by atoms with Gasteiger partial charge < -0.3 is 10.2 Å². The molecular weight excluding hydrogens is 298 g/mol. The van der Waals surface area contributed by atoms with E-state index >= 15 is 0 Å². The molecule has 0 radical (unpaired) electrons. The summed E-state index contributed by atoms with van der Waals surface area (Å²) in [5, 5.41) is 9.97. The molecule has 1 amide bonds. The zero-order valence-electron chi connectivity index (χ0n) is 12.3. The molecule has 3 rings (SSSR count). The molecule has 1 aliphatic rings. The SMILES string of the molecule is Cc1nc(CCNC(=O)C2CC(c3ccccc3)=NO2)cs1. The fraction of sp³-hybridized carbons (Fsp3) is 0.312. The molecule has 0 fully saturated rings. The van der Waals surface area contributed by atoms with Gasteiger partial charge in [0.15, 0.2) is 0 Å². The van der Waals surface area contributed by atoms with E-state index in [1.54, 1.807) is 11.3 Å². The number of hydrogen-bond donors (Lipinski definition) is 1. The van der Waals surface area contributed by atoms with E-state index in [0.29, 0.717) is 13.0 Å². The lowest BCUT2D eigenvalue weighted by atomic mass is 10.0. The molecule has 1 unspecified atom stereocenters. The molecule has 1 aromatic carbocycles.